The van der Waals surface area contributed by atoms with Gasteiger partial charge in [-0.3, -0.25) is 14.5 Å². The average molecular weight is 425 g/mol. The van der Waals surface area contributed by atoms with Gasteiger partial charge in [0, 0.05) is 15.7 Å². The fraction of sp³-hybridized carbons (Fsp3) is 0.176. The van der Waals surface area contributed by atoms with E-state index in [-0.39, 0.29) is 30.3 Å². The third kappa shape index (κ3) is 3.00. The van der Waals surface area contributed by atoms with Crippen LogP contribution in [0.15, 0.2) is 42.5 Å². The molecule has 2 aromatic rings. The Morgan fingerprint density at radius 2 is 1.70 bits per heavy atom. The van der Waals surface area contributed by atoms with Crippen molar-refractivity contribution < 1.29 is 19.1 Å². The van der Waals surface area contributed by atoms with Gasteiger partial charge in [0.15, 0.2) is 0 Å². The summed E-state index contributed by atoms with van der Waals surface area (Å²) in [4.78, 5) is 25.5. The van der Waals surface area contributed by atoms with E-state index in [1.807, 2.05) is 22.6 Å². The van der Waals surface area contributed by atoms with E-state index in [9.17, 15) is 19.1 Å². The van der Waals surface area contributed by atoms with Crippen LogP contribution in [0.2, 0.25) is 0 Å². The SMILES string of the molecule is O=C1c2ccccc2C(=O)N1CCC(O)c1ccc(I)cc1F. The maximum Gasteiger partial charge on any atom is 0.261 e. The minimum Gasteiger partial charge on any atom is -0.388 e. The van der Waals surface area contributed by atoms with Crippen LogP contribution in [0.1, 0.15) is 38.8 Å². The van der Waals surface area contributed by atoms with Crippen LogP contribution in [-0.4, -0.2) is 28.4 Å². The van der Waals surface area contributed by atoms with Crippen molar-refractivity contribution in [2.45, 2.75) is 12.5 Å². The van der Waals surface area contributed by atoms with Gasteiger partial charge in [0.25, 0.3) is 11.8 Å². The molecule has 1 atom stereocenters. The largest absolute Gasteiger partial charge is 0.388 e. The van der Waals surface area contributed by atoms with E-state index in [2.05, 4.69) is 0 Å². The second kappa shape index (κ2) is 6.37. The minimum absolute atomic E-state index is 0.0406. The average Bonchev–Trinajstić information content (AvgIpc) is 2.77. The second-order valence-corrected chi connectivity index (χ2v) is 6.52. The predicted molar refractivity (Wildman–Crippen MR) is 90.5 cm³/mol. The van der Waals surface area contributed by atoms with E-state index in [0.717, 1.165) is 8.47 Å². The van der Waals surface area contributed by atoms with Crippen molar-refractivity contribution in [3.8, 4) is 0 Å². The molecule has 0 aromatic heterocycles. The number of amides is 2. The summed E-state index contributed by atoms with van der Waals surface area (Å²) in [5, 5.41) is 10.2. The first-order valence-corrected chi connectivity index (χ1v) is 8.15. The van der Waals surface area contributed by atoms with E-state index < -0.39 is 11.9 Å². The lowest BCUT2D eigenvalue weighted by atomic mass is 10.1. The standard InChI is InChI=1S/C17H13FINO3/c18-14-9-10(19)5-6-13(14)15(21)7-8-20-16(22)11-3-1-2-4-12(11)17(20)23/h1-6,9,15,21H,7-8H2. The first kappa shape index (κ1) is 16.1. The molecule has 0 saturated heterocycles. The van der Waals surface area contributed by atoms with Crippen LogP contribution in [0, 0.1) is 9.39 Å². The lowest BCUT2D eigenvalue weighted by molar-refractivity contribution is 0.0621. The smallest absolute Gasteiger partial charge is 0.261 e. The number of carbonyl (C=O) groups is 2. The van der Waals surface area contributed by atoms with Crippen molar-refractivity contribution in [1.82, 2.24) is 4.90 Å². The van der Waals surface area contributed by atoms with Gasteiger partial charge >= 0.3 is 0 Å². The molecule has 1 aliphatic heterocycles. The molecule has 23 heavy (non-hydrogen) atoms. The van der Waals surface area contributed by atoms with E-state index in [1.54, 1.807) is 30.3 Å². The summed E-state index contributed by atoms with van der Waals surface area (Å²) in [5.41, 5.74) is 0.905. The van der Waals surface area contributed by atoms with Gasteiger partial charge in [0.2, 0.25) is 0 Å². The number of aliphatic hydroxyl groups excluding tert-OH is 1. The first-order chi connectivity index (χ1) is 11.0. The lowest BCUT2D eigenvalue weighted by Gasteiger charge is -2.17. The zero-order valence-electron chi connectivity index (χ0n) is 12.0. The van der Waals surface area contributed by atoms with Gasteiger partial charge in [-0.1, -0.05) is 18.2 Å². The monoisotopic (exact) mass is 425 g/mol. The van der Waals surface area contributed by atoms with Gasteiger partial charge in [-0.2, -0.15) is 0 Å². The Bertz CT molecular complexity index is 758. The highest BCUT2D eigenvalue weighted by molar-refractivity contribution is 14.1. The maximum atomic E-state index is 13.9. The van der Waals surface area contributed by atoms with Crippen LogP contribution in [0.25, 0.3) is 0 Å². The molecule has 0 bridgehead atoms. The molecule has 0 aliphatic carbocycles. The number of benzene rings is 2. The summed E-state index contributed by atoms with van der Waals surface area (Å²) >= 11 is 1.98. The molecule has 1 heterocycles. The van der Waals surface area contributed by atoms with Gasteiger partial charge in [0.05, 0.1) is 17.2 Å². The number of carbonyl (C=O) groups excluding carboxylic acids is 2. The minimum atomic E-state index is -1.07. The maximum absolute atomic E-state index is 13.9. The molecule has 1 unspecified atom stereocenters. The molecule has 0 fully saturated rings. The Hall–Kier alpha value is -1.80. The highest BCUT2D eigenvalue weighted by atomic mass is 127. The van der Waals surface area contributed by atoms with Gasteiger partial charge < -0.3 is 5.11 Å². The molecule has 0 spiro atoms. The molecule has 0 radical (unpaired) electrons. The zero-order chi connectivity index (χ0) is 16.6. The number of aliphatic hydroxyl groups is 1. The van der Waals surface area contributed by atoms with Crippen LogP contribution >= 0.6 is 22.6 Å². The van der Waals surface area contributed by atoms with E-state index in [1.165, 1.54) is 12.1 Å². The second-order valence-electron chi connectivity index (χ2n) is 5.28. The highest BCUT2D eigenvalue weighted by Gasteiger charge is 2.35. The summed E-state index contributed by atoms with van der Waals surface area (Å²) in [6.07, 6.45) is -0.987. The van der Waals surface area contributed by atoms with Crippen LogP contribution in [0.3, 0.4) is 0 Å². The van der Waals surface area contributed by atoms with Crippen LogP contribution in [-0.2, 0) is 0 Å². The number of halogens is 2. The van der Waals surface area contributed by atoms with E-state index >= 15 is 0 Å². The predicted octanol–water partition coefficient (Wildman–Crippen LogP) is 3.15. The van der Waals surface area contributed by atoms with Crippen molar-refractivity contribution in [1.29, 1.82) is 0 Å². The highest BCUT2D eigenvalue weighted by Crippen LogP contribution is 2.26. The number of rotatable bonds is 4. The molecule has 2 aromatic carbocycles. The Labute approximate surface area is 146 Å². The molecule has 1 N–H and O–H groups in total. The van der Waals surface area contributed by atoms with Crippen LogP contribution in [0.5, 0.6) is 0 Å². The summed E-state index contributed by atoms with van der Waals surface area (Å²) in [7, 11) is 0. The molecule has 118 valence electrons. The van der Waals surface area contributed by atoms with Crippen molar-refractivity contribution in [2.24, 2.45) is 0 Å². The Balaban J connectivity index is 1.72. The molecule has 1 aliphatic rings. The van der Waals surface area contributed by atoms with E-state index in [4.69, 9.17) is 0 Å². The molecule has 3 rings (SSSR count). The Morgan fingerprint density at radius 3 is 2.26 bits per heavy atom. The molecule has 0 saturated carbocycles. The molecule has 4 nitrogen and oxygen atoms in total. The molecule has 2 amide bonds. The van der Waals surface area contributed by atoms with Crippen LogP contribution < -0.4 is 0 Å². The zero-order valence-corrected chi connectivity index (χ0v) is 14.2. The molecular formula is C17H13FINO3. The number of hydrogen-bond acceptors (Lipinski definition) is 3. The summed E-state index contributed by atoms with van der Waals surface area (Å²) in [5.74, 6) is -1.24. The Morgan fingerprint density at radius 1 is 1.09 bits per heavy atom. The topological polar surface area (TPSA) is 57.6 Å². The number of nitrogens with zero attached hydrogens (tertiary/aromatic N) is 1. The number of fused-ring (bicyclic) bond motifs is 1. The summed E-state index contributed by atoms with van der Waals surface area (Å²) in [6.45, 7) is 0.0406. The van der Waals surface area contributed by atoms with Gasteiger partial charge in [0.1, 0.15) is 5.82 Å². The van der Waals surface area contributed by atoms with Crippen LogP contribution in [0.4, 0.5) is 4.39 Å². The van der Waals surface area contributed by atoms with Gasteiger partial charge in [-0.05, 0) is 53.3 Å². The van der Waals surface area contributed by atoms with Crippen molar-refractivity contribution >= 4 is 34.4 Å². The quantitative estimate of drug-likeness (QED) is 0.605. The molecular weight excluding hydrogens is 412 g/mol. The first-order valence-electron chi connectivity index (χ1n) is 7.07. The van der Waals surface area contributed by atoms with Crippen molar-refractivity contribution in [2.75, 3.05) is 6.54 Å². The normalized spacial score (nSPS) is 15.0. The van der Waals surface area contributed by atoms with Gasteiger partial charge in [-0.15, -0.1) is 0 Å². The van der Waals surface area contributed by atoms with Crippen molar-refractivity contribution in [3.63, 3.8) is 0 Å². The van der Waals surface area contributed by atoms with E-state index in [0.29, 0.717) is 11.1 Å². The fourth-order valence-corrected chi connectivity index (χ4v) is 3.07. The van der Waals surface area contributed by atoms with Crippen molar-refractivity contribution in [3.05, 3.63) is 68.5 Å². The third-order valence-corrected chi connectivity index (χ3v) is 4.50. The fourth-order valence-electron chi connectivity index (χ4n) is 2.62. The third-order valence-electron chi connectivity index (χ3n) is 3.83. The number of hydrogen-bond donors (Lipinski definition) is 1. The molecule has 6 heteroatoms. The number of imide groups is 1. The summed E-state index contributed by atoms with van der Waals surface area (Å²) < 4.78 is 14.6. The Kier molecular flexibility index (Phi) is 4.45. The van der Waals surface area contributed by atoms with Gasteiger partial charge in [-0.25, -0.2) is 4.39 Å². The summed E-state index contributed by atoms with van der Waals surface area (Å²) in [6, 6.07) is 11.2. The lowest BCUT2D eigenvalue weighted by Crippen LogP contribution is -2.31.